The van der Waals surface area contributed by atoms with Gasteiger partial charge in [0.1, 0.15) is 0 Å². The molecule has 0 unspecified atom stereocenters. The minimum Gasteiger partial charge on any atom is -0.361 e. The Morgan fingerprint density at radius 2 is 1.89 bits per heavy atom. The van der Waals surface area contributed by atoms with Crippen molar-refractivity contribution in [2.45, 2.75) is 20.3 Å². The monoisotopic (exact) mass is 316 g/mol. The molecule has 4 N–H and O–H groups in total. The predicted octanol–water partition coefficient (Wildman–Crippen LogP) is 2.72. The van der Waals surface area contributed by atoms with Crippen molar-refractivity contribution in [3.63, 3.8) is 0 Å². The fourth-order valence-electron chi connectivity index (χ4n) is 1.23. The van der Waals surface area contributed by atoms with E-state index >= 15 is 0 Å². The standard InChI is InChI=1S/C12H17ClN4S2/c1-3-6-14-11(18)16-17-12(19)15-9-5-4-8(2)10(13)7-9/h4-5,7H,3,6H2,1-2H3,(H2,14,16,18)(H2,15,17,19). The minimum absolute atomic E-state index is 0.417. The molecule has 1 aromatic rings. The summed E-state index contributed by atoms with van der Waals surface area (Å²) in [5.41, 5.74) is 7.44. The number of halogens is 1. The average molecular weight is 317 g/mol. The number of aryl methyl sites for hydroxylation is 1. The van der Waals surface area contributed by atoms with Crippen LogP contribution in [-0.2, 0) is 0 Å². The van der Waals surface area contributed by atoms with Crippen molar-refractivity contribution in [2.75, 3.05) is 11.9 Å². The van der Waals surface area contributed by atoms with Crippen LogP contribution in [0.5, 0.6) is 0 Å². The number of anilines is 1. The number of hydrazine groups is 1. The van der Waals surface area contributed by atoms with Gasteiger partial charge in [-0.05, 0) is 55.5 Å². The van der Waals surface area contributed by atoms with Gasteiger partial charge in [0.2, 0.25) is 0 Å². The lowest BCUT2D eigenvalue weighted by atomic mass is 10.2. The maximum Gasteiger partial charge on any atom is 0.189 e. The Labute approximate surface area is 129 Å². The Morgan fingerprint density at radius 1 is 1.21 bits per heavy atom. The molecule has 0 spiro atoms. The van der Waals surface area contributed by atoms with E-state index in [9.17, 15) is 0 Å². The van der Waals surface area contributed by atoms with E-state index in [1.807, 2.05) is 25.1 Å². The first-order valence-electron chi connectivity index (χ1n) is 5.90. The van der Waals surface area contributed by atoms with Crippen LogP contribution in [0.25, 0.3) is 0 Å². The van der Waals surface area contributed by atoms with Crippen molar-refractivity contribution in [2.24, 2.45) is 0 Å². The summed E-state index contributed by atoms with van der Waals surface area (Å²) in [6, 6.07) is 5.65. The summed E-state index contributed by atoms with van der Waals surface area (Å²) in [7, 11) is 0. The molecule has 0 aliphatic carbocycles. The van der Waals surface area contributed by atoms with Crippen molar-refractivity contribution in [3.8, 4) is 0 Å². The second-order valence-electron chi connectivity index (χ2n) is 3.92. The maximum absolute atomic E-state index is 6.03. The molecule has 104 valence electrons. The van der Waals surface area contributed by atoms with Crippen molar-refractivity contribution >= 4 is 51.9 Å². The summed E-state index contributed by atoms with van der Waals surface area (Å²) < 4.78 is 0. The molecule has 0 bridgehead atoms. The molecule has 4 nitrogen and oxygen atoms in total. The number of benzene rings is 1. The highest BCUT2D eigenvalue weighted by atomic mass is 35.5. The van der Waals surface area contributed by atoms with E-state index in [0.717, 1.165) is 24.2 Å². The van der Waals surface area contributed by atoms with Gasteiger partial charge in [0, 0.05) is 17.3 Å². The Bertz CT molecular complexity index is 465. The molecule has 1 aromatic carbocycles. The summed E-state index contributed by atoms with van der Waals surface area (Å²) in [5, 5.41) is 7.64. The van der Waals surface area contributed by atoms with Gasteiger partial charge in [-0.1, -0.05) is 24.6 Å². The molecule has 19 heavy (non-hydrogen) atoms. The molecule has 0 heterocycles. The van der Waals surface area contributed by atoms with Crippen LogP contribution in [0.15, 0.2) is 18.2 Å². The van der Waals surface area contributed by atoms with Crippen LogP contribution < -0.4 is 21.5 Å². The van der Waals surface area contributed by atoms with Gasteiger partial charge >= 0.3 is 0 Å². The molecule has 0 saturated carbocycles. The molecular formula is C12H17ClN4S2. The highest BCUT2D eigenvalue weighted by Crippen LogP contribution is 2.19. The zero-order valence-electron chi connectivity index (χ0n) is 10.8. The SMILES string of the molecule is CCCNC(=S)NNC(=S)Nc1ccc(C)c(Cl)c1. The third-order valence-corrected chi connectivity index (χ3v) is 3.11. The van der Waals surface area contributed by atoms with E-state index in [4.69, 9.17) is 36.0 Å². The molecular weight excluding hydrogens is 300 g/mol. The van der Waals surface area contributed by atoms with Crippen LogP contribution in [0.2, 0.25) is 5.02 Å². The molecule has 0 radical (unpaired) electrons. The fourth-order valence-corrected chi connectivity index (χ4v) is 1.73. The first-order valence-corrected chi connectivity index (χ1v) is 7.09. The molecule has 0 saturated heterocycles. The van der Waals surface area contributed by atoms with Crippen LogP contribution in [-0.4, -0.2) is 16.8 Å². The van der Waals surface area contributed by atoms with Gasteiger partial charge in [-0.2, -0.15) is 0 Å². The van der Waals surface area contributed by atoms with Gasteiger partial charge in [-0.3, -0.25) is 10.9 Å². The molecule has 0 aliphatic heterocycles. The van der Waals surface area contributed by atoms with E-state index < -0.39 is 0 Å². The van der Waals surface area contributed by atoms with Gasteiger partial charge in [0.25, 0.3) is 0 Å². The van der Waals surface area contributed by atoms with E-state index in [-0.39, 0.29) is 0 Å². The van der Waals surface area contributed by atoms with Crippen molar-refractivity contribution < 1.29 is 0 Å². The number of rotatable bonds is 3. The third kappa shape index (κ3) is 6.04. The molecule has 0 aliphatic rings. The van der Waals surface area contributed by atoms with E-state index in [1.54, 1.807) is 0 Å². The average Bonchev–Trinajstić information content (AvgIpc) is 2.38. The van der Waals surface area contributed by atoms with Crippen molar-refractivity contribution in [1.82, 2.24) is 16.2 Å². The minimum atomic E-state index is 0.417. The number of thiocarbonyl (C=S) groups is 2. The zero-order chi connectivity index (χ0) is 14.3. The first-order chi connectivity index (χ1) is 9.02. The number of nitrogens with one attached hydrogen (secondary N) is 4. The normalized spacial score (nSPS) is 9.63. The number of hydrogen-bond donors (Lipinski definition) is 4. The molecule has 0 aromatic heterocycles. The Balaban J connectivity index is 2.38. The highest BCUT2D eigenvalue weighted by molar-refractivity contribution is 7.80. The molecule has 0 fully saturated rings. The van der Waals surface area contributed by atoms with E-state index in [2.05, 4.69) is 28.4 Å². The second-order valence-corrected chi connectivity index (χ2v) is 5.15. The summed E-state index contributed by atoms with van der Waals surface area (Å²) in [6.07, 6.45) is 1.01. The second kappa shape index (κ2) is 8.14. The summed E-state index contributed by atoms with van der Waals surface area (Å²) in [4.78, 5) is 0. The van der Waals surface area contributed by atoms with Gasteiger partial charge in [-0.15, -0.1) is 0 Å². The van der Waals surface area contributed by atoms with Gasteiger partial charge < -0.3 is 10.6 Å². The van der Waals surface area contributed by atoms with E-state index in [0.29, 0.717) is 15.2 Å². The molecule has 0 atom stereocenters. The van der Waals surface area contributed by atoms with Crippen LogP contribution in [0.4, 0.5) is 5.69 Å². The summed E-state index contributed by atoms with van der Waals surface area (Å²) in [5.74, 6) is 0. The smallest absolute Gasteiger partial charge is 0.189 e. The lowest BCUT2D eigenvalue weighted by Gasteiger charge is -2.14. The zero-order valence-corrected chi connectivity index (χ0v) is 13.2. The number of hydrogen-bond acceptors (Lipinski definition) is 2. The van der Waals surface area contributed by atoms with Crippen molar-refractivity contribution in [3.05, 3.63) is 28.8 Å². The lowest BCUT2D eigenvalue weighted by molar-refractivity contribution is 0.784. The van der Waals surface area contributed by atoms with Crippen LogP contribution in [0, 0.1) is 6.92 Å². The summed E-state index contributed by atoms with van der Waals surface area (Å²) in [6.45, 7) is 4.83. The van der Waals surface area contributed by atoms with E-state index in [1.165, 1.54) is 0 Å². The Morgan fingerprint density at radius 3 is 2.53 bits per heavy atom. The predicted molar refractivity (Wildman–Crippen MR) is 89.6 cm³/mol. The molecule has 1 rings (SSSR count). The Kier molecular flexibility index (Phi) is 6.83. The third-order valence-electron chi connectivity index (χ3n) is 2.25. The topological polar surface area (TPSA) is 48.1 Å². The largest absolute Gasteiger partial charge is 0.361 e. The maximum atomic E-state index is 6.03. The first kappa shape index (κ1) is 15.9. The highest BCUT2D eigenvalue weighted by Gasteiger charge is 2.01. The molecule has 7 heteroatoms. The fraction of sp³-hybridized carbons (Fsp3) is 0.333. The van der Waals surface area contributed by atoms with Crippen LogP contribution >= 0.6 is 36.0 Å². The van der Waals surface area contributed by atoms with Gasteiger partial charge in [-0.25, -0.2) is 0 Å². The van der Waals surface area contributed by atoms with Crippen molar-refractivity contribution in [1.29, 1.82) is 0 Å². The van der Waals surface area contributed by atoms with Crippen LogP contribution in [0.3, 0.4) is 0 Å². The van der Waals surface area contributed by atoms with Gasteiger partial charge in [0.15, 0.2) is 10.2 Å². The quantitative estimate of drug-likeness (QED) is 0.508. The lowest BCUT2D eigenvalue weighted by Crippen LogP contribution is -2.48. The summed E-state index contributed by atoms with van der Waals surface area (Å²) >= 11 is 16.2. The molecule has 0 amide bonds. The van der Waals surface area contributed by atoms with Crippen LogP contribution in [0.1, 0.15) is 18.9 Å². The van der Waals surface area contributed by atoms with Gasteiger partial charge in [0.05, 0.1) is 0 Å². The Hall–Kier alpha value is -1.11.